The SMILES string of the molecule is CN(C(=O)OC(C)(C)C)[C@@H](C(=O)NC1CCN(CC2CC2)CC1)c1cnn(C)c1. The van der Waals surface area contributed by atoms with E-state index >= 15 is 0 Å². The van der Waals surface area contributed by atoms with E-state index in [4.69, 9.17) is 4.74 Å². The summed E-state index contributed by atoms with van der Waals surface area (Å²) in [6, 6.07) is -0.646. The summed E-state index contributed by atoms with van der Waals surface area (Å²) in [5, 5.41) is 7.34. The molecular formula is C21H35N5O3. The van der Waals surface area contributed by atoms with Crippen LogP contribution < -0.4 is 5.32 Å². The van der Waals surface area contributed by atoms with E-state index in [9.17, 15) is 9.59 Å². The molecule has 29 heavy (non-hydrogen) atoms. The highest BCUT2D eigenvalue weighted by Crippen LogP contribution is 2.30. The van der Waals surface area contributed by atoms with Crippen LogP contribution in [-0.2, 0) is 16.6 Å². The van der Waals surface area contributed by atoms with Crippen LogP contribution in [0, 0.1) is 5.92 Å². The van der Waals surface area contributed by atoms with E-state index < -0.39 is 17.7 Å². The molecule has 2 fully saturated rings. The van der Waals surface area contributed by atoms with E-state index in [-0.39, 0.29) is 11.9 Å². The molecule has 8 nitrogen and oxygen atoms in total. The van der Waals surface area contributed by atoms with Gasteiger partial charge < -0.3 is 15.0 Å². The molecule has 0 bridgehead atoms. The van der Waals surface area contributed by atoms with Crippen LogP contribution in [0.5, 0.6) is 0 Å². The van der Waals surface area contributed by atoms with Crippen molar-refractivity contribution in [3.8, 4) is 0 Å². The Morgan fingerprint density at radius 1 is 1.28 bits per heavy atom. The van der Waals surface area contributed by atoms with Crippen LogP contribution in [0.15, 0.2) is 12.4 Å². The molecule has 1 atom stereocenters. The normalized spacial score (nSPS) is 19.6. The Kier molecular flexibility index (Phi) is 6.51. The molecule has 2 heterocycles. The van der Waals surface area contributed by atoms with Crippen molar-refractivity contribution < 1.29 is 14.3 Å². The van der Waals surface area contributed by atoms with Crippen molar-refractivity contribution in [2.24, 2.45) is 13.0 Å². The predicted octanol–water partition coefficient (Wildman–Crippen LogP) is 2.32. The summed E-state index contributed by atoms with van der Waals surface area (Å²) >= 11 is 0. The lowest BCUT2D eigenvalue weighted by Gasteiger charge is -2.34. The van der Waals surface area contributed by atoms with Crippen LogP contribution >= 0.6 is 0 Å². The van der Waals surface area contributed by atoms with Gasteiger partial charge in [-0.25, -0.2) is 4.79 Å². The number of amides is 2. The van der Waals surface area contributed by atoms with Crippen molar-refractivity contribution >= 4 is 12.0 Å². The molecule has 2 aliphatic rings. The minimum absolute atomic E-state index is 0.129. The highest BCUT2D eigenvalue weighted by atomic mass is 16.6. The Balaban J connectivity index is 1.64. The second-order valence-electron chi connectivity index (χ2n) is 9.47. The second-order valence-corrected chi connectivity index (χ2v) is 9.47. The van der Waals surface area contributed by atoms with Crippen molar-refractivity contribution in [1.29, 1.82) is 0 Å². The number of aromatic nitrogens is 2. The second kappa shape index (κ2) is 8.73. The zero-order valence-electron chi connectivity index (χ0n) is 18.4. The summed E-state index contributed by atoms with van der Waals surface area (Å²) in [5.74, 6) is 0.700. The summed E-state index contributed by atoms with van der Waals surface area (Å²) in [4.78, 5) is 29.7. The highest BCUT2D eigenvalue weighted by Gasteiger charge is 2.34. The fourth-order valence-electron chi connectivity index (χ4n) is 3.78. The molecule has 1 saturated carbocycles. The summed E-state index contributed by atoms with van der Waals surface area (Å²) in [6.45, 7) is 8.66. The third kappa shape index (κ3) is 6.19. The molecule has 1 saturated heterocycles. The standard InChI is InChI=1S/C21H35N5O3/c1-21(2,3)29-20(28)25(5)18(16-12-22-24(4)14-16)19(27)23-17-8-10-26(11-9-17)13-15-6-7-15/h12,14-15,17-18H,6-11,13H2,1-5H3,(H,23,27)/t18-/m1/s1. The molecule has 0 aromatic carbocycles. The number of hydrogen-bond donors (Lipinski definition) is 1. The summed E-state index contributed by atoms with van der Waals surface area (Å²) in [5.41, 5.74) is 0.0416. The first-order valence-corrected chi connectivity index (χ1v) is 10.6. The molecule has 1 N–H and O–H groups in total. The first-order chi connectivity index (χ1) is 13.6. The summed E-state index contributed by atoms with van der Waals surface area (Å²) in [6.07, 6.45) is 7.47. The third-order valence-corrected chi connectivity index (χ3v) is 5.50. The fourth-order valence-corrected chi connectivity index (χ4v) is 3.78. The summed E-state index contributed by atoms with van der Waals surface area (Å²) in [7, 11) is 3.39. The Bertz CT molecular complexity index is 714. The largest absolute Gasteiger partial charge is 0.444 e. The number of nitrogens with zero attached hydrogens (tertiary/aromatic N) is 4. The fraction of sp³-hybridized carbons (Fsp3) is 0.762. The number of aryl methyl sites for hydroxylation is 1. The molecular weight excluding hydrogens is 370 g/mol. The van der Waals surface area contributed by atoms with Crippen LogP contribution in [0.4, 0.5) is 4.79 Å². The monoisotopic (exact) mass is 405 g/mol. The van der Waals surface area contributed by atoms with Gasteiger partial charge in [0.15, 0.2) is 0 Å². The first-order valence-electron chi connectivity index (χ1n) is 10.6. The zero-order valence-corrected chi connectivity index (χ0v) is 18.4. The van der Waals surface area contributed by atoms with E-state index in [2.05, 4.69) is 15.3 Å². The van der Waals surface area contributed by atoms with Gasteiger partial charge in [0, 0.05) is 51.5 Å². The molecule has 0 spiro atoms. The highest BCUT2D eigenvalue weighted by molar-refractivity contribution is 5.87. The van der Waals surface area contributed by atoms with Crippen LogP contribution in [-0.4, -0.2) is 69.9 Å². The van der Waals surface area contributed by atoms with Gasteiger partial charge in [0.2, 0.25) is 5.91 Å². The number of likely N-dealkylation sites (N-methyl/N-ethyl adjacent to an activating group) is 1. The topological polar surface area (TPSA) is 79.7 Å². The lowest BCUT2D eigenvalue weighted by atomic mass is 10.0. The van der Waals surface area contributed by atoms with Gasteiger partial charge in [-0.2, -0.15) is 5.10 Å². The number of nitrogens with one attached hydrogen (secondary N) is 1. The Hall–Kier alpha value is -2.09. The molecule has 1 aliphatic heterocycles. The van der Waals surface area contributed by atoms with E-state index in [0.717, 1.165) is 31.8 Å². The van der Waals surface area contributed by atoms with Gasteiger partial charge in [0.1, 0.15) is 11.6 Å². The third-order valence-electron chi connectivity index (χ3n) is 5.50. The smallest absolute Gasteiger partial charge is 0.410 e. The molecule has 3 rings (SSSR count). The molecule has 1 aliphatic carbocycles. The van der Waals surface area contributed by atoms with Gasteiger partial charge in [-0.1, -0.05) is 0 Å². The van der Waals surface area contributed by atoms with Crippen LogP contribution in [0.1, 0.15) is 58.1 Å². The van der Waals surface area contributed by atoms with Crippen molar-refractivity contribution in [3.63, 3.8) is 0 Å². The van der Waals surface area contributed by atoms with Gasteiger partial charge >= 0.3 is 6.09 Å². The van der Waals surface area contributed by atoms with Crippen molar-refractivity contribution in [2.75, 3.05) is 26.7 Å². The number of ether oxygens (including phenoxy) is 1. The Morgan fingerprint density at radius 2 is 1.93 bits per heavy atom. The van der Waals surface area contributed by atoms with Gasteiger partial charge in [-0.3, -0.25) is 14.4 Å². The molecule has 0 radical (unpaired) electrons. The van der Waals surface area contributed by atoms with Crippen molar-refractivity contribution in [3.05, 3.63) is 18.0 Å². The maximum atomic E-state index is 13.2. The lowest BCUT2D eigenvalue weighted by Crippen LogP contribution is -2.49. The van der Waals surface area contributed by atoms with Crippen LogP contribution in [0.25, 0.3) is 0 Å². The molecule has 1 aromatic heterocycles. The number of piperidine rings is 1. The predicted molar refractivity (Wildman–Crippen MR) is 110 cm³/mol. The number of carbonyl (C=O) groups is 2. The Labute approximate surface area is 173 Å². The van der Waals surface area contributed by atoms with Crippen LogP contribution in [0.3, 0.4) is 0 Å². The number of rotatable bonds is 6. The van der Waals surface area contributed by atoms with Gasteiger partial charge in [-0.15, -0.1) is 0 Å². The lowest BCUT2D eigenvalue weighted by molar-refractivity contribution is -0.127. The first kappa shape index (κ1) is 21.6. The molecule has 0 unspecified atom stereocenters. The number of likely N-dealkylation sites (tertiary alicyclic amines) is 1. The maximum Gasteiger partial charge on any atom is 0.410 e. The van der Waals surface area contributed by atoms with E-state index in [1.54, 1.807) is 31.2 Å². The molecule has 162 valence electrons. The van der Waals surface area contributed by atoms with Gasteiger partial charge in [-0.05, 0) is 52.4 Å². The average molecular weight is 406 g/mol. The van der Waals surface area contributed by atoms with Gasteiger partial charge in [0.05, 0.1) is 6.20 Å². The minimum Gasteiger partial charge on any atom is -0.444 e. The van der Waals surface area contributed by atoms with Crippen molar-refractivity contribution in [2.45, 2.75) is 64.1 Å². The van der Waals surface area contributed by atoms with E-state index in [0.29, 0.717) is 5.56 Å². The van der Waals surface area contributed by atoms with E-state index in [1.165, 1.54) is 24.3 Å². The number of carbonyl (C=O) groups excluding carboxylic acids is 2. The maximum absolute atomic E-state index is 13.2. The van der Waals surface area contributed by atoms with Crippen LogP contribution in [0.2, 0.25) is 0 Å². The summed E-state index contributed by atoms with van der Waals surface area (Å²) < 4.78 is 7.11. The zero-order chi connectivity index (χ0) is 21.2. The number of hydrogen-bond acceptors (Lipinski definition) is 5. The van der Waals surface area contributed by atoms with Gasteiger partial charge in [0.25, 0.3) is 0 Å². The quantitative estimate of drug-likeness (QED) is 0.786. The minimum atomic E-state index is -0.775. The molecule has 1 aromatic rings. The van der Waals surface area contributed by atoms with Crippen molar-refractivity contribution in [1.82, 2.24) is 24.9 Å². The average Bonchev–Trinajstić information content (AvgIpc) is 3.34. The molecule has 2 amide bonds. The van der Waals surface area contributed by atoms with E-state index in [1.807, 2.05) is 20.8 Å². The Morgan fingerprint density at radius 3 is 2.45 bits per heavy atom. The molecule has 8 heteroatoms.